The molecule has 0 saturated carbocycles. The van der Waals surface area contributed by atoms with E-state index >= 15 is 0 Å². The first kappa shape index (κ1) is 9.56. The van der Waals surface area contributed by atoms with Crippen LogP contribution in [0.2, 0.25) is 0 Å². The number of hydrogen-bond acceptors (Lipinski definition) is 3. The van der Waals surface area contributed by atoms with Crippen LogP contribution in [0.4, 0.5) is 0 Å². The van der Waals surface area contributed by atoms with Gasteiger partial charge in [-0.05, 0) is 30.0 Å². The van der Waals surface area contributed by atoms with E-state index in [9.17, 15) is 0 Å². The molecule has 3 heteroatoms. The minimum atomic E-state index is 0.782. The molecule has 13 heavy (non-hydrogen) atoms. The first-order valence-electron chi connectivity index (χ1n) is 4.78. The highest BCUT2D eigenvalue weighted by Gasteiger charge is 2.13. The second-order valence-electron chi connectivity index (χ2n) is 3.34. The zero-order chi connectivity index (χ0) is 8.93. The molecule has 1 atom stereocenters. The van der Waals surface area contributed by atoms with Crippen LogP contribution >= 0.6 is 23.1 Å². The predicted molar refractivity (Wildman–Crippen MR) is 61.8 cm³/mol. The lowest BCUT2D eigenvalue weighted by Crippen LogP contribution is -2.30. The molecule has 0 spiro atoms. The van der Waals surface area contributed by atoms with Crippen LogP contribution in [0.25, 0.3) is 0 Å². The SMILES string of the molecule is c1csc(CCN[C@@H]2CCSC2)c1. The van der Waals surface area contributed by atoms with Gasteiger partial charge in [-0.15, -0.1) is 11.3 Å². The van der Waals surface area contributed by atoms with E-state index in [0.29, 0.717) is 0 Å². The molecule has 1 saturated heterocycles. The van der Waals surface area contributed by atoms with E-state index in [1.807, 2.05) is 11.3 Å². The highest BCUT2D eigenvalue weighted by Crippen LogP contribution is 2.17. The van der Waals surface area contributed by atoms with Crippen molar-refractivity contribution < 1.29 is 0 Å². The third kappa shape index (κ3) is 3.01. The van der Waals surface area contributed by atoms with Crippen molar-refractivity contribution in [1.29, 1.82) is 0 Å². The molecule has 0 unspecified atom stereocenters. The summed E-state index contributed by atoms with van der Waals surface area (Å²) in [4.78, 5) is 1.50. The molecule has 1 aromatic rings. The van der Waals surface area contributed by atoms with Gasteiger partial charge in [-0.3, -0.25) is 0 Å². The molecular formula is C10H15NS2. The summed E-state index contributed by atoms with van der Waals surface area (Å²) in [6, 6.07) is 5.13. The van der Waals surface area contributed by atoms with Gasteiger partial charge in [-0.2, -0.15) is 11.8 Å². The zero-order valence-corrected chi connectivity index (χ0v) is 9.29. The first-order valence-corrected chi connectivity index (χ1v) is 6.82. The van der Waals surface area contributed by atoms with Gasteiger partial charge in [-0.1, -0.05) is 6.07 Å². The van der Waals surface area contributed by atoms with Gasteiger partial charge in [0.15, 0.2) is 0 Å². The Bertz CT molecular complexity index is 227. The molecule has 1 N–H and O–H groups in total. The Balaban J connectivity index is 1.63. The van der Waals surface area contributed by atoms with Crippen molar-refractivity contribution in [3.63, 3.8) is 0 Å². The molecule has 2 rings (SSSR count). The normalized spacial score (nSPS) is 22.3. The summed E-state index contributed by atoms with van der Waals surface area (Å²) < 4.78 is 0. The molecule has 72 valence electrons. The Morgan fingerprint density at radius 1 is 1.54 bits per heavy atom. The van der Waals surface area contributed by atoms with Crippen LogP contribution < -0.4 is 5.32 Å². The average molecular weight is 213 g/mol. The van der Waals surface area contributed by atoms with Gasteiger partial charge < -0.3 is 5.32 Å². The van der Waals surface area contributed by atoms with Gasteiger partial charge in [-0.25, -0.2) is 0 Å². The van der Waals surface area contributed by atoms with Gasteiger partial charge in [0.2, 0.25) is 0 Å². The van der Waals surface area contributed by atoms with Crippen molar-refractivity contribution >= 4 is 23.1 Å². The lowest BCUT2D eigenvalue weighted by Gasteiger charge is -2.09. The standard InChI is InChI=1S/C10H15NS2/c1-2-10(13-6-1)3-5-11-9-4-7-12-8-9/h1-2,6,9,11H,3-5,7-8H2/t9-/m1/s1. The van der Waals surface area contributed by atoms with Crippen molar-refractivity contribution in [3.8, 4) is 0 Å². The molecule has 0 aromatic carbocycles. The molecule has 0 aliphatic carbocycles. The molecule has 0 amide bonds. The lowest BCUT2D eigenvalue weighted by atomic mass is 10.2. The van der Waals surface area contributed by atoms with Crippen molar-refractivity contribution in [2.45, 2.75) is 18.9 Å². The maximum atomic E-state index is 3.61. The average Bonchev–Trinajstić information content (AvgIpc) is 2.75. The molecule has 1 aliphatic heterocycles. The number of thiophene rings is 1. The second-order valence-corrected chi connectivity index (χ2v) is 5.53. The zero-order valence-electron chi connectivity index (χ0n) is 7.66. The summed E-state index contributed by atoms with van der Waals surface area (Å²) in [5.41, 5.74) is 0. The van der Waals surface area contributed by atoms with Gasteiger partial charge in [0, 0.05) is 23.2 Å². The fourth-order valence-corrected chi connectivity index (χ4v) is 3.45. The molecule has 2 heterocycles. The summed E-state index contributed by atoms with van der Waals surface area (Å²) in [6.45, 7) is 1.14. The maximum absolute atomic E-state index is 3.61. The lowest BCUT2D eigenvalue weighted by molar-refractivity contribution is 0.562. The highest BCUT2D eigenvalue weighted by molar-refractivity contribution is 7.99. The minimum absolute atomic E-state index is 0.782. The van der Waals surface area contributed by atoms with Gasteiger partial charge in [0.1, 0.15) is 0 Å². The fraction of sp³-hybridized carbons (Fsp3) is 0.600. The second kappa shape index (κ2) is 5.03. The molecular weight excluding hydrogens is 198 g/mol. The molecule has 1 aliphatic rings. The van der Waals surface area contributed by atoms with Crippen molar-refractivity contribution in [1.82, 2.24) is 5.32 Å². The Kier molecular flexibility index (Phi) is 3.70. The number of rotatable bonds is 4. The topological polar surface area (TPSA) is 12.0 Å². The Hall–Kier alpha value is 0.01000. The van der Waals surface area contributed by atoms with Crippen LogP contribution in [0.3, 0.4) is 0 Å². The van der Waals surface area contributed by atoms with Crippen molar-refractivity contribution in [2.24, 2.45) is 0 Å². The molecule has 1 aromatic heterocycles. The van der Waals surface area contributed by atoms with E-state index in [1.54, 1.807) is 0 Å². The van der Waals surface area contributed by atoms with Gasteiger partial charge in [0.25, 0.3) is 0 Å². The Morgan fingerprint density at radius 2 is 2.54 bits per heavy atom. The fourth-order valence-electron chi connectivity index (χ4n) is 1.55. The van der Waals surface area contributed by atoms with E-state index in [2.05, 4.69) is 34.6 Å². The summed E-state index contributed by atoms with van der Waals surface area (Å²) in [7, 11) is 0. The van der Waals surface area contributed by atoms with Crippen LogP contribution in [-0.4, -0.2) is 24.1 Å². The largest absolute Gasteiger partial charge is 0.313 e. The number of nitrogens with one attached hydrogen (secondary N) is 1. The Labute approximate surface area is 87.9 Å². The third-order valence-corrected chi connectivity index (χ3v) is 4.41. The third-order valence-electron chi connectivity index (χ3n) is 2.31. The van der Waals surface area contributed by atoms with Gasteiger partial charge in [0.05, 0.1) is 0 Å². The van der Waals surface area contributed by atoms with E-state index in [0.717, 1.165) is 12.6 Å². The van der Waals surface area contributed by atoms with Crippen LogP contribution in [0.15, 0.2) is 17.5 Å². The van der Waals surface area contributed by atoms with Gasteiger partial charge >= 0.3 is 0 Å². The summed E-state index contributed by atoms with van der Waals surface area (Å²) >= 11 is 3.93. The van der Waals surface area contributed by atoms with E-state index < -0.39 is 0 Å². The number of thioether (sulfide) groups is 1. The summed E-state index contributed by atoms with van der Waals surface area (Å²) in [5.74, 6) is 2.65. The predicted octanol–water partition coefficient (Wildman–Crippen LogP) is 2.39. The minimum Gasteiger partial charge on any atom is -0.313 e. The van der Waals surface area contributed by atoms with Crippen LogP contribution in [0.1, 0.15) is 11.3 Å². The van der Waals surface area contributed by atoms with Crippen LogP contribution in [0.5, 0.6) is 0 Å². The Morgan fingerprint density at radius 3 is 3.23 bits per heavy atom. The first-order chi connectivity index (χ1) is 6.45. The molecule has 1 fully saturated rings. The monoisotopic (exact) mass is 213 g/mol. The van der Waals surface area contributed by atoms with E-state index in [1.165, 1.54) is 29.2 Å². The van der Waals surface area contributed by atoms with E-state index in [-0.39, 0.29) is 0 Å². The molecule has 0 radical (unpaired) electrons. The van der Waals surface area contributed by atoms with Crippen molar-refractivity contribution in [2.75, 3.05) is 18.1 Å². The highest BCUT2D eigenvalue weighted by atomic mass is 32.2. The van der Waals surface area contributed by atoms with Crippen LogP contribution in [-0.2, 0) is 6.42 Å². The quantitative estimate of drug-likeness (QED) is 0.824. The smallest absolute Gasteiger partial charge is 0.0166 e. The molecule has 0 bridgehead atoms. The van der Waals surface area contributed by atoms with Crippen molar-refractivity contribution in [3.05, 3.63) is 22.4 Å². The van der Waals surface area contributed by atoms with E-state index in [4.69, 9.17) is 0 Å². The van der Waals surface area contributed by atoms with Crippen LogP contribution in [0, 0.1) is 0 Å². The summed E-state index contributed by atoms with van der Waals surface area (Å²) in [5, 5.41) is 5.76. The summed E-state index contributed by atoms with van der Waals surface area (Å²) in [6.07, 6.45) is 2.55. The number of hydrogen-bond donors (Lipinski definition) is 1. The molecule has 1 nitrogen and oxygen atoms in total. The maximum Gasteiger partial charge on any atom is 0.0166 e.